The number of alkyl halides is 1. The summed E-state index contributed by atoms with van der Waals surface area (Å²) < 4.78 is 0. The lowest BCUT2D eigenvalue weighted by atomic mass is 10.1. The van der Waals surface area contributed by atoms with E-state index in [0.29, 0.717) is 5.33 Å². The molecule has 2 rings (SSSR count). The first-order valence-electron chi connectivity index (χ1n) is 5.37. The highest BCUT2D eigenvalue weighted by Gasteiger charge is 2.17. The van der Waals surface area contributed by atoms with Gasteiger partial charge >= 0.3 is 0 Å². The van der Waals surface area contributed by atoms with Crippen LogP contribution in [0.1, 0.15) is 22.8 Å². The van der Waals surface area contributed by atoms with Crippen molar-refractivity contribution in [3.63, 3.8) is 0 Å². The lowest BCUT2D eigenvalue weighted by Gasteiger charge is -1.98. The van der Waals surface area contributed by atoms with Crippen LogP contribution >= 0.6 is 15.9 Å². The second-order valence-corrected chi connectivity index (χ2v) is 4.29. The Morgan fingerprint density at radius 3 is 2.50 bits per heavy atom. The number of rotatable bonds is 3. The van der Waals surface area contributed by atoms with Crippen molar-refractivity contribution < 1.29 is 4.79 Å². The van der Waals surface area contributed by atoms with E-state index in [1.54, 1.807) is 0 Å². The summed E-state index contributed by atoms with van der Waals surface area (Å²) in [5, 5.41) is 0.383. The minimum Gasteiger partial charge on any atom is -0.293 e. The van der Waals surface area contributed by atoms with Crippen molar-refractivity contribution in [2.75, 3.05) is 5.33 Å². The Morgan fingerprint density at radius 1 is 1.19 bits per heavy atom. The summed E-state index contributed by atoms with van der Waals surface area (Å²) in [6.07, 6.45) is 0.954. The predicted octanol–water partition coefficient (Wildman–Crippen LogP) is 3.93. The molecule has 82 valence electrons. The van der Waals surface area contributed by atoms with E-state index in [4.69, 9.17) is 0 Å². The van der Waals surface area contributed by atoms with Crippen LogP contribution in [-0.2, 0) is 6.42 Å². The van der Waals surface area contributed by atoms with E-state index in [-0.39, 0.29) is 5.78 Å². The van der Waals surface area contributed by atoms with Gasteiger partial charge in [-0.1, -0.05) is 53.2 Å². The molecular weight excluding hydrogens is 264 g/mol. The molecule has 0 spiro atoms. The number of aryl methyl sites for hydroxylation is 1. The number of ketones is 1. The maximum atomic E-state index is 11.8. The van der Waals surface area contributed by atoms with Crippen molar-refractivity contribution in [3.05, 3.63) is 47.5 Å². The van der Waals surface area contributed by atoms with E-state index in [9.17, 15) is 4.79 Å². The summed E-state index contributed by atoms with van der Waals surface area (Å²) in [5.41, 5.74) is 4.33. The molecule has 0 aromatic carbocycles. The van der Waals surface area contributed by atoms with Crippen LogP contribution in [0.25, 0.3) is 11.1 Å². The van der Waals surface area contributed by atoms with Crippen molar-refractivity contribution in [1.82, 2.24) is 0 Å². The molecule has 0 amide bonds. The maximum absolute atomic E-state index is 11.8. The first kappa shape index (κ1) is 11.3. The Bertz CT molecular complexity index is 490. The zero-order valence-corrected chi connectivity index (χ0v) is 10.8. The van der Waals surface area contributed by atoms with Gasteiger partial charge in [0, 0.05) is 5.56 Å². The average Bonchev–Trinajstić information content (AvgIpc) is 2.50. The van der Waals surface area contributed by atoms with Crippen LogP contribution < -0.4 is 0 Å². The lowest BCUT2D eigenvalue weighted by molar-refractivity contribution is 0.102. The molecule has 0 aromatic heterocycles. The standard InChI is InChI=1S/C14H13BrO/c1-2-10-8-13(14(16)9-15)12-7-5-3-4-6-11(10)12/h3-8H,2,9H2,1H3. The Hall–Kier alpha value is -1.15. The van der Waals surface area contributed by atoms with Gasteiger partial charge in [-0.2, -0.15) is 0 Å². The molecule has 0 bridgehead atoms. The lowest BCUT2D eigenvalue weighted by Crippen LogP contribution is -1.98. The molecule has 2 aliphatic rings. The third-order valence-corrected chi connectivity index (χ3v) is 3.30. The monoisotopic (exact) mass is 276 g/mol. The van der Waals surface area contributed by atoms with Crippen LogP contribution in [0.15, 0.2) is 36.4 Å². The van der Waals surface area contributed by atoms with Gasteiger partial charge in [-0.15, -0.1) is 0 Å². The second kappa shape index (κ2) is 4.79. The Kier molecular flexibility index (Phi) is 3.39. The summed E-state index contributed by atoms with van der Waals surface area (Å²) in [6.45, 7) is 2.12. The van der Waals surface area contributed by atoms with Gasteiger partial charge in [-0.3, -0.25) is 4.79 Å². The number of fused-ring (bicyclic) bond motifs is 1. The largest absolute Gasteiger partial charge is 0.293 e. The van der Waals surface area contributed by atoms with E-state index in [2.05, 4.69) is 28.9 Å². The fourth-order valence-electron chi connectivity index (χ4n) is 1.99. The van der Waals surface area contributed by atoms with E-state index < -0.39 is 0 Å². The molecule has 1 nitrogen and oxygen atoms in total. The van der Waals surface area contributed by atoms with Gasteiger partial charge in [0.15, 0.2) is 5.78 Å². The zero-order valence-electron chi connectivity index (χ0n) is 9.16. The number of hydrogen-bond donors (Lipinski definition) is 0. The topological polar surface area (TPSA) is 17.1 Å². The molecule has 0 heterocycles. The highest BCUT2D eigenvalue weighted by atomic mass is 79.9. The van der Waals surface area contributed by atoms with Crippen LogP contribution in [0.5, 0.6) is 0 Å². The van der Waals surface area contributed by atoms with Gasteiger partial charge < -0.3 is 0 Å². The molecule has 2 heteroatoms. The minimum absolute atomic E-state index is 0.149. The molecule has 0 fully saturated rings. The van der Waals surface area contributed by atoms with Gasteiger partial charge in [-0.25, -0.2) is 0 Å². The maximum Gasteiger partial charge on any atom is 0.174 e. The first-order chi connectivity index (χ1) is 7.77. The molecule has 2 aliphatic carbocycles. The SMILES string of the molecule is CCc1cc(C(=O)CBr)c2cccccc1-2. The number of Topliss-reactive ketones (excluding diaryl/α,β-unsaturated/α-hetero) is 1. The van der Waals surface area contributed by atoms with E-state index >= 15 is 0 Å². The first-order valence-corrected chi connectivity index (χ1v) is 6.50. The number of hydrogen-bond acceptors (Lipinski definition) is 1. The highest BCUT2D eigenvalue weighted by molar-refractivity contribution is 9.09. The van der Waals surface area contributed by atoms with E-state index in [1.165, 1.54) is 11.1 Å². The van der Waals surface area contributed by atoms with E-state index in [0.717, 1.165) is 17.5 Å². The number of carbonyl (C=O) groups is 1. The molecule has 0 unspecified atom stereocenters. The zero-order chi connectivity index (χ0) is 11.5. The van der Waals surface area contributed by atoms with Crippen LogP contribution in [-0.4, -0.2) is 11.1 Å². The molecule has 16 heavy (non-hydrogen) atoms. The molecule has 0 saturated heterocycles. The molecular formula is C14H13BrO. The molecule has 0 aliphatic heterocycles. The van der Waals surface area contributed by atoms with Crippen LogP contribution in [0.2, 0.25) is 0 Å². The van der Waals surface area contributed by atoms with Crippen molar-refractivity contribution >= 4 is 21.7 Å². The van der Waals surface area contributed by atoms with Crippen molar-refractivity contribution in [2.24, 2.45) is 0 Å². The number of halogens is 1. The summed E-state index contributed by atoms with van der Waals surface area (Å²) in [7, 11) is 0. The molecule has 0 N–H and O–H groups in total. The highest BCUT2D eigenvalue weighted by Crippen LogP contribution is 2.32. The van der Waals surface area contributed by atoms with Crippen molar-refractivity contribution in [3.8, 4) is 11.1 Å². The quantitative estimate of drug-likeness (QED) is 0.613. The molecule has 0 aromatic rings. The van der Waals surface area contributed by atoms with Gasteiger partial charge in [0.1, 0.15) is 0 Å². The summed E-state index contributed by atoms with van der Waals surface area (Å²) in [5.74, 6) is 0.149. The Labute approximate surface area is 104 Å². The second-order valence-electron chi connectivity index (χ2n) is 3.73. The number of carbonyl (C=O) groups excluding carboxylic acids is 1. The third-order valence-electron chi connectivity index (χ3n) is 2.80. The minimum atomic E-state index is 0.149. The molecule has 0 radical (unpaired) electrons. The normalized spacial score (nSPS) is 10.6. The smallest absolute Gasteiger partial charge is 0.174 e. The van der Waals surface area contributed by atoms with Crippen LogP contribution in [0.3, 0.4) is 0 Å². The fourth-order valence-corrected chi connectivity index (χ4v) is 2.29. The van der Waals surface area contributed by atoms with Gasteiger partial charge in [0.05, 0.1) is 5.33 Å². The van der Waals surface area contributed by atoms with Crippen LogP contribution in [0.4, 0.5) is 0 Å². The summed E-state index contributed by atoms with van der Waals surface area (Å²) >= 11 is 3.23. The molecule has 0 saturated carbocycles. The van der Waals surface area contributed by atoms with Crippen molar-refractivity contribution in [1.29, 1.82) is 0 Å². The summed E-state index contributed by atoms with van der Waals surface area (Å²) in [4.78, 5) is 11.8. The van der Waals surface area contributed by atoms with Crippen molar-refractivity contribution in [2.45, 2.75) is 13.3 Å². The average molecular weight is 277 g/mol. The Morgan fingerprint density at radius 2 is 1.88 bits per heavy atom. The third kappa shape index (κ3) is 1.90. The van der Waals surface area contributed by atoms with Gasteiger partial charge in [0.2, 0.25) is 0 Å². The van der Waals surface area contributed by atoms with Gasteiger partial charge in [-0.05, 0) is 29.2 Å². The Balaban J connectivity index is 2.66. The predicted molar refractivity (Wildman–Crippen MR) is 70.6 cm³/mol. The molecule has 0 atom stereocenters. The van der Waals surface area contributed by atoms with Gasteiger partial charge in [0.25, 0.3) is 0 Å². The summed E-state index contributed by atoms with van der Waals surface area (Å²) in [6, 6.07) is 12.1. The van der Waals surface area contributed by atoms with E-state index in [1.807, 2.05) is 30.3 Å². The van der Waals surface area contributed by atoms with Crippen LogP contribution in [0, 0.1) is 0 Å². The fraction of sp³-hybridized carbons (Fsp3) is 0.214.